The van der Waals surface area contributed by atoms with Crippen molar-refractivity contribution in [3.63, 3.8) is 0 Å². The van der Waals surface area contributed by atoms with Crippen molar-refractivity contribution in [2.75, 3.05) is 5.75 Å². The third-order valence-corrected chi connectivity index (χ3v) is 4.45. The minimum absolute atomic E-state index is 0.112. The van der Waals surface area contributed by atoms with Gasteiger partial charge in [0.25, 0.3) is 0 Å². The number of hydrogen-bond donors (Lipinski definition) is 2. The molecule has 0 aromatic carbocycles. The topological polar surface area (TPSA) is 49.3 Å². The first-order valence-electron chi connectivity index (χ1n) is 4.86. The first-order valence-corrected chi connectivity index (χ1v) is 5.85. The second-order valence-electron chi connectivity index (χ2n) is 3.87. The van der Waals surface area contributed by atoms with E-state index in [1.807, 2.05) is 11.8 Å². The standard InChI is InChI=1S/C9H15NO2S/c11-8(12)7-3-6-13-9(10-7)4-1-2-5-9/h7,10H,1-6H2,(H,11,12). The average molecular weight is 201 g/mol. The zero-order valence-corrected chi connectivity index (χ0v) is 8.40. The van der Waals surface area contributed by atoms with Crippen LogP contribution in [0.15, 0.2) is 0 Å². The van der Waals surface area contributed by atoms with E-state index in [1.54, 1.807) is 0 Å². The largest absolute Gasteiger partial charge is 0.480 e. The van der Waals surface area contributed by atoms with Crippen molar-refractivity contribution in [1.82, 2.24) is 5.32 Å². The van der Waals surface area contributed by atoms with Crippen molar-refractivity contribution in [2.24, 2.45) is 0 Å². The second-order valence-corrected chi connectivity index (χ2v) is 5.35. The van der Waals surface area contributed by atoms with Crippen molar-refractivity contribution in [1.29, 1.82) is 0 Å². The monoisotopic (exact) mass is 201 g/mol. The lowest BCUT2D eigenvalue weighted by Crippen LogP contribution is -2.53. The van der Waals surface area contributed by atoms with Gasteiger partial charge in [0.1, 0.15) is 6.04 Å². The molecule has 1 aliphatic carbocycles. The molecule has 1 saturated heterocycles. The molecule has 1 unspecified atom stereocenters. The Labute approximate surface area is 82.3 Å². The van der Waals surface area contributed by atoms with Gasteiger partial charge in [-0.25, -0.2) is 0 Å². The van der Waals surface area contributed by atoms with E-state index in [0.717, 1.165) is 25.0 Å². The van der Waals surface area contributed by atoms with Crippen LogP contribution in [0.25, 0.3) is 0 Å². The number of rotatable bonds is 1. The molecule has 1 aliphatic heterocycles. The maximum absolute atomic E-state index is 10.8. The van der Waals surface area contributed by atoms with Crippen molar-refractivity contribution in [3.05, 3.63) is 0 Å². The summed E-state index contributed by atoms with van der Waals surface area (Å²) in [7, 11) is 0. The SMILES string of the molecule is O=C(O)C1CCSC2(CCCC2)N1. The van der Waals surface area contributed by atoms with Crippen LogP contribution in [0.3, 0.4) is 0 Å². The smallest absolute Gasteiger partial charge is 0.320 e. The van der Waals surface area contributed by atoms with E-state index >= 15 is 0 Å². The summed E-state index contributed by atoms with van der Waals surface area (Å²) in [6, 6.07) is -0.306. The number of thioether (sulfide) groups is 1. The highest BCUT2D eigenvalue weighted by Crippen LogP contribution is 2.42. The summed E-state index contributed by atoms with van der Waals surface area (Å²) < 4.78 is 0. The minimum Gasteiger partial charge on any atom is -0.480 e. The molecule has 2 fully saturated rings. The summed E-state index contributed by atoms with van der Waals surface area (Å²) in [4.78, 5) is 10.9. The van der Waals surface area contributed by atoms with E-state index < -0.39 is 5.97 Å². The Hall–Kier alpha value is -0.220. The van der Waals surface area contributed by atoms with Crippen LogP contribution >= 0.6 is 11.8 Å². The van der Waals surface area contributed by atoms with Gasteiger partial charge in [0, 0.05) is 0 Å². The molecule has 0 bridgehead atoms. The predicted octanol–water partition coefficient (Wildman–Crippen LogP) is 1.44. The summed E-state index contributed by atoms with van der Waals surface area (Å²) in [5.74, 6) is 0.302. The van der Waals surface area contributed by atoms with Crippen LogP contribution in [0.5, 0.6) is 0 Å². The molecule has 2 rings (SSSR count). The van der Waals surface area contributed by atoms with Gasteiger partial charge in [0.15, 0.2) is 0 Å². The fourth-order valence-corrected chi connectivity index (χ4v) is 3.77. The third kappa shape index (κ3) is 1.83. The molecular formula is C9H15NO2S. The fraction of sp³-hybridized carbons (Fsp3) is 0.889. The van der Waals surface area contributed by atoms with Gasteiger partial charge in [0.05, 0.1) is 4.87 Å². The molecule has 3 nitrogen and oxygen atoms in total. The highest BCUT2D eigenvalue weighted by molar-refractivity contribution is 8.00. The van der Waals surface area contributed by atoms with E-state index in [0.29, 0.717) is 0 Å². The molecule has 4 heteroatoms. The van der Waals surface area contributed by atoms with Crippen molar-refractivity contribution in [3.8, 4) is 0 Å². The zero-order chi connectivity index (χ0) is 9.31. The molecule has 0 amide bonds. The Morgan fingerprint density at radius 2 is 2.15 bits per heavy atom. The second kappa shape index (κ2) is 3.50. The van der Waals surface area contributed by atoms with E-state index in [1.165, 1.54) is 12.8 Å². The van der Waals surface area contributed by atoms with E-state index in [-0.39, 0.29) is 10.9 Å². The number of carboxylic acids is 1. The Balaban J connectivity index is 2.02. The average Bonchev–Trinajstić information content (AvgIpc) is 2.53. The lowest BCUT2D eigenvalue weighted by atomic mass is 10.1. The van der Waals surface area contributed by atoms with E-state index in [4.69, 9.17) is 5.11 Å². The van der Waals surface area contributed by atoms with Crippen LogP contribution in [-0.2, 0) is 4.79 Å². The Kier molecular flexibility index (Phi) is 2.51. The van der Waals surface area contributed by atoms with Crippen LogP contribution in [-0.4, -0.2) is 27.7 Å². The normalized spacial score (nSPS) is 32.2. The van der Waals surface area contributed by atoms with Gasteiger partial charge in [-0.3, -0.25) is 10.1 Å². The van der Waals surface area contributed by atoms with Gasteiger partial charge in [-0.1, -0.05) is 12.8 Å². The van der Waals surface area contributed by atoms with Gasteiger partial charge in [-0.15, -0.1) is 11.8 Å². The number of carboxylic acid groups (broad SMARTS) is 1. The summed E-state index contributed by atoms with van der Waals surface area (Å²) in [6.45, 7) is 0. The minimum atomic E-state index is -0.688. The molecule has 0 aromatic rings. The number of nitrogens with one attached hydrogen (secondary N) is 1. The van der Waals surface area contributed by atoms with Crippen LogP contribution < -0.4 is 5.32 Å². The summed E-state index contributed by atoms with van der Waals surface area (Å²) in [6.07, 6.45) is 5.53. The van der Waals surface area contributed by atoms with Gasteiger partial charge in [-0.05, 0) is 25.0 Å². The summed E-state index contributed by atoms with van der Waals surface area (Å²) in [5.41, 5.74) is 0. The molecule has 2 aliphatic rings. The molecule has 0 aromatic heterocycles. The molecule has 1 saturated carbocycles. The highest BCUT2D eigenvalue weighted by Gasteiger charge is 2.40. The Bertz CT molecular complexity index is 214. The van der Waals surface area contributed by atoms with Crippen LogP contribution in [0.1, 0.15) is 32.1 Å². The van der Waals surface area contributed by atoms with E-state index in [2.05, 4.69) is 5.32 Å². The number of hydrogen-bond acceptors (Lipinski definition) is 3. The van der Waals surface area contributed by atoms with E-state index in [9.17, 15) is 4.79 Å². The Morgan fingerprint density at radius 3 is 2.77 bits per heavy atom. The molecular weight excluding hydrogens is 186 g/mol. The van der Waals surface area contributed by atoms with Crippen LogP contribution in [0.2, 0.25) is 0 Å². The number of carbonyl (C=O) groups is 1. The predicted molar refractivity (Wildman–Crippen MR) is 52.8 cm³/mol. The number of aliphatic carboxylic acids is 1. The molecule has 1 heterocycles. The quantitative estimate of drug-likeness (QED) is 0.674. The van der Waals surface area contributed by atoms with Gasteiger partial charge in [-0.2, -0.15) is 0 Å². The van der Waals surface area contributed by atoms with Crippen LogP contribution in [0.4, 0.5) is 0 Å². The van der Waals surface area contributed by atoms with Crippen LogP contribution in [0, 0.1) is 0 Å². The molecule has 0 radical (unpaired) electrons. The highest BCUT2D eigenvalue weighted by atomic mass is 32.2. The van der Waals surface area contributed by atoms with Crippen molar-refractivity contribution >= 4 is 17.7 Å². The maximum atomic E-state index is 10.8. The molecule has 13 heavy (non-hydrogen) atoms. The molecule has 1 spiro atoms. The van der Waals surface area contributed by atoms with Gasteiger partial charge >= 0.3 is 5.97 Å². The zero-order valence-electron chi connectivity index (χ0n) is 7.58. The van der Waals surface area contributed by atoms with Gasteiger partial charge < -0.3 is 5.11 Å². The maximum Gasteiger partial charge on any atom is 0.320 e. The fourth-order valence-electron chi connectivity index (χ4n) is 2.22. The third-order valence-electron chi connectivity index (χ3n) is 2.93. The first-order chi connectivity index (χ1) is 6.22. The lowest BCUT2D eigenvalue weighted by Gasteiger charge is -2.37. The molecule has 74 valence electrons. The van der Waals surface area contributed by atoms with Gasteiger partial charge in [0.2, 0.25) is 0 Å². The molecule has 1 atom stereocenters. The summed E-state index contributed by atoms with van der Waals surface area (Å²) in [5, 5.41) is 12.2. The molecule has 2 N–H and O–H groups in total. The lowest BCUT2D eigenvalue weighted by molar-refractivity contribution is -0.140. The first kappa shape index (κ1) is 9.34. The Morgan fingerprint density at radius 1 is 1.46 bits per heavy atom. The summed E-state index contributed by atoms with van der Waals surface area (Å²) >= 11 is 1.92. The van der Waals surface area contributed by atoms with Crippen molar-refractivity contribution < 1.29 is 9.90 Å². The van der Waals surface area contributed by atoms with Crippen molar-refractivity contribution in [2.45, 2.75) is 43.0 Å².